The monoisotopic (exact) mass is 619 g/mol. The molecule has 1 atom stereocenters. The molecule has 2 aliphatic heterocycles. The predicted octanol–water partition coefficient (Wildman–Crippen LogP) is 2.01. The smallest absolute Gasteiger partial charge is 0.332 e. The Morgan fingerprint density at radius 3 is 2.32 bits per heavy atom. The van der Waals surface area contributed by atoms with Crippen molar-refractivity contribution in [3.63, 3.8) is 0 Å². The van der Waals surface area contributed by atoms with Crippen molar-refractivity contribution in [3.8, 4) is 0 Å². The number of piperazine rings is 1. The number of carbonyl (C=O) groups excluding carboxylic acids is 2. The zero-order valence-electron chi connectivity index (χ0n) is 23.1. The van der Waals surface area contributed by atoms with Gasteiger partial charge in [0.2, 0.25) is 11.9 Å². The van der Waals surface area contributed by atoms with E-state index in [0.29, 0.717) is 55.5 Å². The maximum Gasteiger partial charge on any atom is 0.332 e. The molecule has 11 nitrogen and oxygen atoms in total. The fraction of sp³-hybridized carbons (Fsp3) is 0.345. The molecule has 41 heavy (non-hydrogen) atoms. The number of amides is 2. The molecular weight excluding hydrogens is 590 g/mol. The Morgan fingerprint density at radius 2 is 1.63 bits per heavy atom. The number of benzene rings is 2. The molecule has 2 aliphatic rings. The number of hydrogen-bond acceptors (Lipinski definition) is 7. The molecule has 2 aromatic heterocycles. The van der Waals surface area contributed by atoms with Gasteiger partial charge in [-0.05, 0) is 36.8 Å². The number of imidazole rings is 1. The molecule has 0 aliphatic carbocycles. The lowest BCUT2D eigenvalue weighted by atomic mass is 10.1. The van der Waals surface area contributed by atoms with Crippen LogP contribution in [-0.2, 0) is 30.2 Å². The van der Waals surface area contributed by atoms with Crippen LogP contribution in [0.3, 0.4) is 0 Å². The molecule has 0 bridgehead atoms. The van der Waals surface area contributed by atoms with Gasteiger partial charge in [0.15, 0.2) is 11.2 Å². The molecule has 0 spiro atoms. The average Bonchev–Trinajstić information content (AvgIpc) is 3.48. The number of anilines is 2. The van der Waals surface area contributed by atoms with Gasteiger partial charge in [-0.3, -0.25) is 33.0 Å². The third kappa shape index (κ3) is 4.70. The third-order valence-corrected chi connectivity index (χ3v) is 8.53. The van der Waals surface area contributed by atoms with E-state index in [4.69, 9.17) is 4.98 Å². The van der Waals surface area contributed by atoms with E-state index < -0.39 is 17.3 Å². The van der Waals surface area contributed by atoms with Crippen molar-refractivity contribution < 1.29 is 9.59 Å². The number of aryl methyl sites for hydroxylation is 2. The number of imide groups is 1. The summed E-state index contributed by atoms with van der Waals surface area (Å²) < 4.78 is 5.28. The molecule has 2 aromatic carbocycles. The number of rotatable bonds is 5. The van der Waals surface area contributed by atoms with Crippen LogP contribution < -0.4 is 21.0 Å². The minimum atomic E-state index is -0.521. The Hall–Kier alpha value is -4.03. The molecule has 12 heteroatoms. The van der Waals surface area contributed by atoms with Gasteiger partial charge in [0.25, 0.3) is 11.5 Å². The molecule has 4 aromatic rings. The molecule has 2 amide bonds. The summed E-state index contributed by atoms with van der Waals surface area (Å²) in [6.45, 7) is 4.61. The van der Waals surface area contributed by atoms with Crippen molar-refractivity contribution in [2.45, 2.75) is 25.9 Å². The van der Waals surface area contributed by atoms with Crippen molar-refractivity contribution in [1.29, 1.82) is 0 Å². The zero-order chi connectivity index (χ0) is 29.0. The molecule has 2 fully saturated rings. The Morgan fingerprint density at radius 1 is 0.927 bits per heavy atom. The fourth-order valence-electron chi connectivity index (χ4n) is 5.82. The van der Waals surface area contributed by atoms with Crippen molar-refractivity contribution in [1.82, 2.24) is 23.6 Å². The van der Waals surface area contributed by atoms with Gasteiger partial charge >= 0.3 is 5.69 Å². The Kier molecular flexibility index (Phi) is 6.90. The topological polar surface area (TPSA) is 106 Å². The van der Waals surface area contributed by atoms with Crippen LogP contribution in [0.5, 0.6) is 0 Å². The first-order chi connectivity index (χ1) is 19.6. The van der Waals surface area contributed by atoms with Crippen molar-refractivity contribution in [3.05, 3.63) is 85.0 Å². The summed E-state index contributed by atoms with van der Waals surface area (Å²) in [5.41, 5.74) is 2.58. The number of fused-ring (bicyclic) bond motifs is 1. The highest BCUT2D eigenvalue weighted by atomic mass is 79.9. The SMILES string of the molecule is Cc1cccc(Cn2c(N3CCN(C4CC(=O)N(c5ccc(Br)cc5)C4=O)CC3)nc3c2c(=O)n(C)c(=O)n3C)c1. The van der Waals surface area contributed by atoms with Gasteiger partial charge in [-0.2, -0.15) is 4.98 Å². The van der Waals surface area contributed by atoms with Gasteiger partial charge in [-0.15, -0.1) is 0 Å². The lowest BCUT2D eigenvalue weighted by molar-refractivity contribution is -0.123. The number of carbonyl (C=O) groups is 2. The fourth-order valence-corrected chi connectivity index (χ4v) is 6.08. The third-order valence-electron chi connectivity index (χ3n) is 8.00. The highest BCUT2D eigenvalue weighted by molar-refractivity contribution is 9.10. The van der Waals surface area contributed by atoms with Crippen LogP contribution in [-0.4, -0.2) is 67.6 Å². The molecule has 6 rings (SSSR count). The first kappa shape index (κ1) is 27.2. The molecule has 2 saturated heterocycles. The second-order valence-electron chi connectivity index (χ2n) is 10.7. The average molecular weight is 621 g/mol. The first-order valence-corrected chi connectivity index (χ1v) is 14.3. The van der Waals surface area contributed by atoms with Crippen LogP contribution in [0.25, 0.3) is 11.2 Å². The number of hydrogen-bond donors (Lipinski definition) is 0. The van der Waals surface area contributed by atoms with Crippen LogP contribution in [0.15, 0.2) is 62.6 Å². The van der Waals surface area contributed by atoms with Gasteiger partial charge in [0.05, 0.1) is 24.7 Å². The van der Waals surface area contributed by atoms with E-state index in [1.807, 2.05) is 41.8 Å². The van der Waals surface area contributed by atoms with Crippen LogP contribution in [0.1, 0.15) is 17.5 Å². The summed E-state index contributed by atoms with van der Waals surface area (Å²) in [6.07, 6.45) is 0.138. The summed E-state index contributed by atoms with van der Waals surface area (Å²) in [5, 5.41) is 0. The minimum absolute atomic E-state index is 0.138. The van der Waals surface area contributed by atoms with Gasteiger partial charge in [0, 0.05) is 44.7 Å². The Balaban J connectivity index is 1.29. The summed E-state index contributed by atoms with van der Waals surface area (Å²) in [5.74, 6) is 0.183. The Bertz CT molecular complexity index is 1800. The maximum atomic E-state index is 13.3. The minimum Gasteiger partial charge on any atom is -0.340 e. The molecule has 0 saturated carbocycles. The zero-order valence-corrected chi connectivity index (χ0v) is 24.7. The second kappa shape index (κ2) is 10.4. The lowest BCUT2D eigenvalue weighted by Crippen LogP contribution is -2.53. The summed E-state index contributed by atoms with van der Waals surface area (Å²) in [7, 11) is 3.10. The van der Waals surface area contributed by atoms with Crippen molar-refractivity contribution in [2.75, 3.05) is 36.0 Å². The first-order valence-electron chi connectivity index (χ1n) is 13.5. The van der Waals surface area contributed by atoms with Crippen LogP contribution in [0.2, 0.25) is 0 Å². The Labute approximate surface area is 244 Å². The van der Waals surface area contributed by atoms with E-state index in [1.165, 1.54) is 16.5 Å². The van der Waals surface area contributed by atoms with Crippen LogP contribution in [0.4, 0.5) is 11.6 Å². The van der Waals surface area contributed by atoms with Crippen molar-refractivity contribution >= 4 is 50.5 Å². The van der Waals surface area contributed by atoms with E-state index in [0.717, 1.165) is 20.2 Å². The molecule has 212 valence electrons. The maximum absolute atomic E-state index is 13.3. The van der Waals surface area contributed by atoms with Crippen molar-refractivity contribution in [2.24, 2.45) is 14.1 Å². The summed E-state index contributed by atoms with van der Waals surface area (Å²) in [6, 6.07) is 14.7. The quantitative estimate of drug-likeness (QED) is 0.315. The molecule has 4 heterocycles. The van der Waals surface area contributed by atoms with Gasteiger partial charge in [-0.25, -0.2) is 9.69 Å². The molecule has 0 N–H and O–H groups in total. The normalized spacial score (nSPS) is 18.2. The van der Waals surface area contributed by atoms with E-state index in [-0.39, 0.29) is 18.2 Å². The van der Waals surface area contributed by atoms with Crippen LogP contribution in [0, 0.1) is 6.92 Å². The van der Waals surface area contributed by atoms with Gasteiger partial charge in [0.1, 0.15) is 0 Å². The lowest BCUT2D eigenvalue weighted by Gasteiger charge is -2.37. The summed E-state index contributed by atoms with van der Waals surface area (Å²) in [4.78, 5) is 62.4. The van der Waals surface area contributed by atoms with Crippen LogP contribution >= 0.6 is 15.9 Å². The molecule has 0 radical (unpaired) electrons. The number of aromatic nitrogens is 4. The second-order valence-corrected chi connectivity index (χ2v) is 11.6. The number of nitrogens with zero attached hydrogens (tertiary/aromatic N) is 7. The predicted molar refractivity (Wildman–Crippen MR) is 159 cm³/mol. The van der Waals surface area contributed by atoms with E-state index in [1.54, 1.807) is 19.2 Å². The van der Waals surface area contributed by atoms with E-state index >= 15 is 0 Å². The highest BCUT2D eigenvalue weighted by Crippen LogP contribution is 2.29. The van der Waals surface area contributed by atoms with Gasteiger partial charge < -0.3 is 4.90 Å². The molecule has 1 unspecified atom stereocenters. The summed E-state index contributed by atoms with van der Waals surface area (Å²) >= 11 is 3.39. The highest BCUT2D eigenvalue weighted by Gasteiger charge is 2.43. The van der Waals surface area contributed by atoms with E-state index in [9.17, 15) is 19.2 Å². The van der Waals surface area contributed by atoms with Gasteiger partial charge in [-0.1, -0.05) is 45.8 Å². The van der Waals surface area contributed by atoms with E-state index in [2.05, 4.69) is 31.8 Å². The largest absolute Gasteiger partial charge is 0.340 e. The number of halogens is 1. The molecular formula is C29H30BrN7O4. The standard InChI is InChI=1S/C29H30BrN7O4/c1-18-5-4-6-19(15-18)17-36-24-25(32(2)29(41)33(3)27(24)40)31-28(36)35-13-11-34(12-14-35)22-16-23(38)37(26(22)39)21-9-7-20(30)8-10-21/h4-10,15,22H,11-14,16-17H2,1-3H3.